The second-order valence-corrected chi connectivity index (χ2v) is 4.63. The first-order valence-corrected chi connectivity index (χ1v) is 6.33. The third-order valence-corrected chi connectivity index (χ3v) is 3.31. The Morgan fingerprint density at radius 2 is 2.14 bits per heavy atom. The Hall–Kier alpha value is -0.592. The number of hydrogen-bond acceptors (Lipinski definition) is 2. The summed E-state index contributed by atoms with van der Waals surface area (Å²) in [5.74, 6) is 0. The van der Waals surface area contributed by atoms with Crippen molar-refractivity contribution in [3.05, 3.63) is 47.5 Å². The Morgan fingerprint density at radius 1 is 1.29 bits per heavy atom. The van der Waals surface area contributed by atoms with Gasteiger partial charge in [0.2, 0.25) is 0 Å². The zero-order valence-electron chi connectivity index (χ0n) is 7.34. The van der Waals surface area contributed by atoms with Gasteiger partial charge in [-0.2, -0.15) is 0 Å². The molecule has 1 N–H and O–H groups in total. The van der Waals surface area contributed by atoms with Crippen LogP contribution in [0.25, 0.3) is 0 Å². The van der Waals surface area contributed by atoms with Crippen molar-refractivity contribution in [2.45, 2.75) is 4.90 Å². The van der Waals surface area contributed by atoms with E-state index in [0.717, 1.165) is 0 Å². The molecule has 1 aliphatic rings. The van der Waals surface area contributed by atoms with Crippen LogP contribution in [0, 0.1) is 0 Å². The first-order valence-electron chi connectivity index (χ1n) is 4.20. The SMILES string of the molecule is [Pt]=[CH]/C=C\C1=CNc2ccccc2S1. The van der Waals surface area contributed by atoms with Gasteiger partial charge in [0, 0.05) is 0 Å². The summed E-state index contributed by atoms with van der Waals surface area (Å²) in [4.78, 5) is 2.51. The molecular weight excluding hydrogens is 373 g/mol. The van der Waals surface area contributed by atoms with E-state index in [1.54, 1.807) is 11.8 Å². The molecular formula is C11H9NPtS. The number of benzene rings is 1. The summed E-state index contributed by atoms with van der Waals surface area (Å²) in [5, 5.41) is 3.27. The summed E-state index contributed by atoms with van der Waals surface area (Å²) in [6.45, 7) is 0. The molecule has 0 aliphatic carbocycles. The number of hydrogen-bond donors (Lipinski definition) is 1. The van der Waals surface area contributed by atoms with Gasteiger partial charge in [0.05, 0.1) is 0 Å². The van der Waals surface area contributed by atoms with E-state index in [2.05, 4.69) is 48.9 Å². The fourth-order valence-electron chi connectivity index (χ4n) is 1.19. The molecule has 0 saturated carbocycles. The summed E-state index contributed by atoms with van der Waals surface area (Å²) in [7, 11) is 0. The first kappa shape index (κ1) is 9.94. The molecule has 2 rings (SSSR count). The second kappa shape index (κ2) is 4.77. The number of fused-ring (bicyclic) bond motifs is 1. The van der Waals surface area contributed by atoms with Gasteiger partial charge in [-0.15, -0.1) is 0 Å². The van der Waals surface area contributed by atoms with E-state index in [1.807, 2.05) is 22.7 Å². The van der Waals surface area contributed by atoms with Crippen LogP contribution in [-0.2, 0) is 19.4 Å². The number of anilines is 1. The van der Waals surface area contributed by atoms with E-state index >= 15 is 0 Å². The monoisotopic (exact) mass is 382 g/mol. The maximum atomic E-state index is 3.27. The molecule has 1 aromatic carbocycles. The summed E-state index contributed by atoms with van der Waals surface area (Å²) in [6.07, 6.45) is 6.17. The average molecular weight is 382 g/mol. The van der Waals surface area contributed by atoms with Gasteiger partial charge in [0.1, 0.15) is 0 Å². The van der Waals surface area contributed by atoms with Gasteiger partial charge in [0.15, 0.2) is 0 Å². The first-order chi connectivity index (χ1) is 6.90. The molecule has 3 heteroatoms. The van der Waals surface area contributed by atoms with Gasteiger partial charge in [0.25, 0.3) is 0 Å². The molecule has 1 heterocycles. The normalized spacial score (nSPS) is 14.6. The molecule has 0 amide bonds. The van der Waals surface area contributed by atoms with E-state index < -0.39 is 0 Å². The van der Waals surface area contributed by atoms with Gasteiger partial charge >= 0.3 is 98.9 Å². The molecule has 0 spiro atoms. The van der Waals surface area contributed by atoms with Gasteiger partial charge in [-0.1, -0.05) is 0 Å². The molecule has 14 heavy (non-hydrogen) atoms. The fraction of sp³-hybridized carbons (Fsp3) is 0. The predicted octanol–water partition coefficient (Wildman–Crippen LogP) is 2.95. The summed E-state index contributed by atoms with van der Waals surface area (Å²) < 4.78 is 2.00. The molecule has 1 nitrogen and oxygen atoms in total. The van der Waals surface area contributed by atoms with Crippen LogP contribution in [0.2, 0.25) is 0 Å². The van der Waals surface area contributed by atoms with Crippen molar-refractivity contribution in [3.8, 4) is 0 Å². The Labute approximate surface area is 98.7 Å². The van der Waals surface area contributed by atoms with Crippen LogP contribution in [-0.4, -0.2) is 4.40 Å². The molecule has 0 saturated heterocycles. The van der Waals surface area contributed by atoms with Gasteiger partial charge in [-0.25, -0.2) is 0 Å². The van der Waals surface area contributed by atoms with Gasteiger partial charge in [-0.3, -0.25) is 0 Å². The van der Waals surface area contributed by atoms with Crippen molar-refractivity contribution >= 4 is 21.9 Å². The topological polar surface area (TPSA) is 12.0 Å². The zero-order valence-corrected chi connectivity index (χ0v) is 10.4. The Kier molecular flexibility index (Phi) is 3.39. The third-order valence-electron chi connectivity index (χ3n) is 1.81. The number of para-hydroxylation sites is 1. The molecule has 0 bridgehead atoms. The van der Waals surface area contributed by atoms with E-state index in [0.29, 0.717) is 0 Å². The minimum absolute atomic E-state index is 1.19. The average Bonchev–Trinajstić information content (AvgIpc) is 2.26. The zero-order chi connectivity index (χ0) is 9.80. The van der Waals surface area contributed by atoms with Crippen molar-refractivity contribution in [2.24, 2.45) is 0 Å². The van der Waals surface area contributed by atoms with E-state index in [1.165, 1.54) is 15.5 Å². The van der Waals surface area contributed by atoms with Crippen molar-refractivity contribution in [3.63, 3.8) is 0 Å². The summed E-state index contributed by atoms with van der Waals surface area (Å²) >= 11 is 3.99. The summed E-state index contributed by atoms with van der Waals surface area (Å²) in [6, 6.07) is 8.32. The van der Waals surface area contributed by atoms with Crippen molar-refractivity contribution < 1.29 is 19.4 Å². The van der Waals surface area contributed by atoms with Gasteiger partial charge in [-0.05, 0) is 0 Å². The third kappa shape index (κ3) is 2.26. The number of rotatable bonds is 2. The fourth-order valence-corrected chi connectivity index (χ4v) is 2.31. The molecule has 0 fully saturated rings. The molecule has 74 valence electrons. The van der Waals surface area contributed by atoms with Crippen LogP contribution in [0.15, 0.2) is 52.4 Å². The Morgan fingerprint density at radius 3 is 3.00 bits per heavy atom. The van der Waals surface area contributed by atoms with Crippen molar-refractivity contribution in [1.82, 2.24) is 0 Å². The van der Waals surface area contributed by atoms with E-state index in [9.17, 15) is 0 Å². The molecule has 0 atom stereocenters. The van der Waals surface area contributed by atoms with Crippen LogP contribution in [0.3, 0.4) is 0 Å². The molecule has 1 aromatic rings. The summed E-state index contributed by atoms with van der Waals surface area (Å²) in [5.41, 5.74) is 1.19. The van der Waals surface area contributed by atoms with Crippen LogP contribution in [0.5, 0.6) is 0 Å². The number of thioether (sulfide) groups is 1. The van der Waals surface area contributed by atoms with E-state index in [4.69, 9.17) is 0 Å². The predicted molar refractivity (Wildman–Crippen MR) is 59.2 cm³/mol. The molecule has 0 unspecified atom stereocenters. The van der Waals surface area contributed by atoms with E-state index in [-0.39, 0.29) is 0 Å². The molecule has 1 aliphatic heterocycles. The minimum atomic E-state index is 1.19. The Bertz CT molecular complexity index is 410. The van der Waals surface area contributed by atoms with Crippen molar-refractivity contribution in [1.29, 1.82) is 0 Å². The van der Waals surface area contributed by atoms with Gasteiger partial charge < -0.3 is 0 Å². The van der Waals surface area contributed by atoms with Crippen LogP contribution in [0.4, 0.5) is 5.69 Å². The standard InChI is InChI=1S/C11H9NS.Pt/c1-2-5-9-8-12-10-6-3-4-7-11(10)13-9;/h1-8,12H;/b5-2-;. The van der Waals surface area contributed by atoms with Crippen LogP contribution < -0.4 is 5.32 Å². The Balaban J connectivity index is 2.21. The van der Waals surface area contributed by atoms with Crippen LogP contribution in [0.1, 0.15) is 0 Å². The quantitative estimate of drug-likeness (QED) is 0.844. The molecule has 0 radical (unpaired) electrons. The second-order valence-electron chi connectivity index (χ2n) is 2.75. The number of allylic oxidation sites excluding steroid dienone is 2. The number of nitrogens with one attached hydrogen (secondary N) is 1. The maximum absolute atomic E-state index is 3.27. The van der Waals surface area contributed by atoms with Crippen LogP contribution >= 0.6 is 11.8 Å². The van der Waals surface area contributed by atoms with Crippen molar-refractivity contribution in [2.75, 3.05) is 5.32 Å². The molecule has 0 aromatic heterocycles.